The molecule has 0 rings (SSSR count). The van der Waals surface area contributed by atoms with Crippen LogP contribution in [0.4, 0.5) is 0 Å². The van der Waals surface area contributed by atoms with Crippen LogP contribution in [0.5, 0.6) is 0 Å². The molecule has 0 amide bonds. The van der Waals surface area contributed by atoms with Crippen molar-refractivity contribution in [3.8, 4) is 0 Å². The van der Waals surface area contributed by atoms with Gasteiger partial charge in [-0.05, 0) is 17.8 Å². The van der Waals surface area contributed by atoms with Crippen LogP contribution in [0.3, 0.4) is 0 Å². The summed E-state index contributed by atoms with van der Waals surface area (Å²) in [5, 5.41) is 0. The molecule has 0 aliphatic heterocycles. The monoisotopic (exact) mass is 265 g/mol. The largest absolute Gasteiger partial charge is 0.403 e. The van der Waals surface area contributed by atoms with Crippen molar-refractivity contribution in [2.24, 2.45) is 10.8 Å². The fourth-order valence-corrected chi connectivity index (χ4v) is 4.15. The fraction of sp³-hybridized carbons (Fsp3) is 1.00. The van der Waals surface area contributed by atoms with Gasteiger partial charge in [0.15, 0.2) is 0 Å². The Morgan fingerprint density at radius 2 is 1.24 bits per heavy atom. The second-order valence-corrected chi connectivity index (χ2v) is 8.31. The fourth-order valence-electron chi connectivity index (χ4n) is 2.66. The number of hydrogen-bond acceptors (Lipinski definition) is 1. The molecule has 0 saturated carbocycles. The average Bonchev–Trinajstić information content (AvgIpc) is 1.97. The zero-order chi connectivity index (χ0) is 14.3. The molecule has 0 atom stereocenters. The van der Waals surface area contributed by atoms with Gasteiger partial charge in [-0.25, -0.2) is 9.24 Å². The molecule has 17 heavy (non-hydrogen) atoms. The zero-order valence-corrected chi connectivity index (χ0v) is 13.3. The molecule has 0 unspecified atom stereocenters. The number of rotatable bonds is 3. The van der Waals surface area contributed by atoms with E-state index in [1.165, 1.54) is 4.67 Å². The lowest BCUT2D eigenvalue weighted by Crippen LogP contribution is -2.61. The van der Waals surface area contributed by atoms with Gasteiger partial charge in [-0.1, -0.05) is 48.5 Å². The first-order valence-corrected chi connectivity index (χ1v) is 7.59. The van der Waals surface area contributed by atoms with Gasteiger partial charge in [0.1, 0.15) is 0 Å². The third-order valence-electron chi connectivity index (χ3n) is 4.05. The van der Waals surface area contributed by atoms with Crippen LogP contribution < -0.4 is 0 Å². The van der Waals surface area contributed by atoms with Crippen molar-refractivity contribution in [3.63, 3.8) is 0 Å². The second kappa shape index (κ2) is 4.65. The minimum atomic E-state index is -4.26. The summed E-state index contributed by atoms with van der Waals surface area (Å²) >= 11 is 0. The third-order valence-corrected chi connectivity index (χ3v) is 5.36. The molecule has 0 aromatic carbocycles. The highest BCUT2D eigenvalue weighted by Crippen LogP contribution is 2.57. The summed E-state index contributed by atoms with van der Waals surface area (Å²) in [7, 11) is -4.26. The first-order valence-electron chi connectivity index (χ1n) is 6.03. The molecule has 104 valence electrons. The Labute approximate surface area is 106 Å². The Kier molecular flexibility index (Phi) is 4.68. The zero-order valence-electron chi connectivity index (χ0n) is 12.4. The van der Waals surface area contributed by atoms with Gasteiger partial charge in [-0.2, -0.15) is 0 Å². The minimum absolute atomic E-state index is 0.248. The maximum atomic E-state index is 11.7. The molecule has 0 aliphatic rings. The van der Waals surface area contributed by atoms with E-state index in [0.717, 1.165) is 0 Å². The van der Waals surface area contributed by atoms with E-state index in [2.05, 4.69) is 0 Å². The van der Waals surface area contributed by atoms with Crippen LogP contribution >= 0.6 is 7.75 Å². The summed E-state index contributed by atoms with van der Waals surface area (Å²) in [5.41, 5.74) is -1.10. The highest BCUT2D eigenvalue weighted by Gasteiger charge is 2.54. The van der Waals surface area contributed by atoms with Crippen molar-refractivity contribution in [1.29, 1.82) is 0 Å². The lowest BCUT2D eigenvalue weighted by Gasteiger charge is -2.57. The van der Waals surface area contributed by atoms with E-state index < -0.39 is 13.3 Å². The SMILES string of the molecule is CCN(C(C)(C(C)(C)C)C(C)(C)C)P(=O)(O)O. The normalized spacial score (nSPS) is 15.5. The van der Waals surface area contributed by atoms with Gasteiger partial charge in [0, 0.05) is 12.1 Å². The molecule has 0 heterocycles. The highest BCUT2D eigenvalue weighted by atomic mass is 31.2. The first-order chi connectivity index (χ1) is 7.19. The van der Waals surface area contributed by atoms with E-state index in [1.54, 1.807) is 6.92 Å². The highest BCUT2D eigenvalue weighted by molar-refractivity contribution is 7.49. The summed E-state index contributed by atoms with van der Waals surface area (Å²) in [6.07, 6.45) is 0. The van der Waals surface area contributed by atoms with Crippen LogP contribution in [0.15, 0.2) is 0 Å². The van der Waals surface area contributed by atoms with E-state index in [4.69, 9.17) is 0 Å². The van der Waals surface area contributed by atoms with Crippen molar-refractivity contribution in [2.45, 2.75) is 60.9 Å². The van der Waals surface area contributed by atoms with Crippen LogP contribution in [0.25, 0.3) is 0 Å². The maximum Gasteiger partial charge on any atom is 0.403 e. The summed E-state index contributed by atoms with van der Waals surface area (Å²) in [5.74, 6) is 0. The van der Waals surface area contributed by atoms with Crippen LogP contribution in [-0.2, 0) is 4.57 Å². The Bertz CT molecular complexity index is 295. The molecule has 0 aliphatic carbocycles. The molecular weight excluding hydrogens is 237 g/mol. The third kappa shape index (κ3) is 3.11. The predicted octanol–water partition coefficient (Wildman–Crippen LogP) is 3.25. The van der Waals surface area contributed by atoms with Gasteiger partial charge in [0.05, 0.1) is 0 Å². The Hall–Kier alpha value is 0.110. The van der Waals surface area contributed by atoms with Gasteiger partial charge in [0.25, 0.3) is 0 Å². The minimum Gasteiger partial charge on any atom is -0.312 e. The van der Waals surface area contributed by atoms with Crippen molar-refractivity contribution in [2.75, 3.05) is 6.54 Å². The molecule has 0 radical (unpaired) electrons. The van der Waals surface area contributed by atoms with Gasteiger partial charge < -0.3 is 9.79 Å². The molecule has 0 fully saturated rings. The van der Waals surface area contributed by atoms with Crippen molar-refractivity contribution in [1.82, 2.24) is 4.67 Å². The van der Waals surface area contributed by atoms with Crippen LogP contribution in [0.1, 0.15) is 55.4 Å². The predicted molar refractivity (Wildman–Crippen MR) is 71.7 cm³/mol. The van der Waals surface area contributed by atoms with Gasteiger partial charge >= 0.3 is 7.75 Å². The maximum absolute atomic E-state index is 11.7. The average molecular weight is 265 g/mol. The molecule has 5 heteroatoms. The molecular formula is C12H28NO3P. The molecule has 4 nitrogen and oxygen atoms in total. The van der Waals surface area contributed by atoms with Crippen molar-refractivity contribution < 1.29 is 14.4 Å². The van der Waals surface area contributed by atoms with Crippen molar-refractivity contribution in [3.05, 3.63) is 0 Å². The second-order valence-electron chi connectivity index (χ2n) is 6.80. The standard InChI is InChI=1S/C12H28NO3P/c1-9-13(17(14,15)16)12(8,10(2,3)4)11(5,6)7/h9H2,1-8H3,(H2,14,15,16). The van der Waals surface area contributed by atoms with Crippen LogP contribution in [0.2, 0.25) is 0 Å². The molecule has 0 aromatic heterocycles. The Morgan fingerprint density at radius 1 is 0.941 bits per heavy atom. The Balaban J connectivity index is 5.90. The summed E-state index contributed by atoms with van der Waals surface area (Å²) in [6, 6.07) is 0. The number of hydrogen-bond donors (Lipinski definition) is 2. The quantitative estimate of drug-likeness (QED) is 0.769. The van der Waals surface area contributed by atoms with Crippen LogP contribution in [-0.4, -0.2) is 26.5 Å². The lowest BCUT2D eigenvalue weighted by molar-refractivity contribution is -0.0374. The van der Waals surface area contributed by atoms with Crippen molar-refractivity contribution >= 4 is 7.75 Å². The summed E-state index contributed by atoms with van der Waals surface area (Å²) in [6.45, 7) is 16.2. The molecule has 0 saturated heterocycles. The van der Waals surface area contributed by atoms with E-state index >= 15 is 0 Å². The first kappa shape index (κ1) is 17.1. The van der Waals surface area contributed by atoms with Crippen LogP contribution in [0, 0.1) is 10.8 Å². The molecule has 2 N–H and O–H groups in total. The number of nitrogens with zero attached hydrogens (tertiary/aromatic N) is 1. The topological polar surface area (TPSA) is 60.8 Å². The van der Waals surface area contributed by atoms with Gasteiger partial charge in [0.2, 0.25) is 0 Å². The summed E-state index contributed by atoms with van der Waals surface area (Å²) < 4.78 is 13.1. The Morgan fingerprint density at radius 3 is 1.29 bits per heavy atom. The van der Waals surface area contributed by atoms with E-state index in [1.807, 2.05) is 48.5 Å². The van der Waals surface area contributed by atoms with E-state index in [9.17, 15) is 14.4 Å². The molecule has 0 bridgehead atoms. The van der Waals surface area contributed by atoms with E-state index in [0.29, 0.717) is 6.54 Å². The smallest absolute Gasteiger partial charge is 0.312 e. The molecule has 0 aromatic rings. The van der Waals surface area contributed by atoms with E-state index in [-0.39, 0.29) is 10.8 Å². The molecule has 0 spiro atoms. The van der Waals surface area contributed by atoms with Gasteiger partial charge in [-0.15, -0.1) is 0 Å². The van der Waals surface area contributed by atoms with Gasteiger partial charge in [-0.3, -0.25) is 0 Å². The lowest BCUT2D eigenvalue weighted by atomic mass is 9.61. The summed E-state index contributed by atoms with van der Waals surface area (Å²) in [4.78, 5) is 19.2.